The molecule has 2 aromatic carbocycles. The first-order chi connectivity index (χ1) is 14.6. The average Bonchev–Trinajstić information content (AvgIpc) is 2.63. The molecule has 0 radical (unpaired) electrons. The average molecular weight is 462 g/mol. The van der Waals surface area contributed by atoms with Gasteiger partial charge in [-0.05, 0) is 49.6 Å². The van der Waals surface area contributed by atoms with E-state index in [9.17, 15) is 18.0 Å². The van der Waals surface area contributed by atoms with Crippen molar-refractivity contribution in [2.24, 2.45) is 5.92 Å². The van der Waals surface area contributed by atoms with Crippen LogP contribution in [0.1, 0.15) is 18.4 Å². The zero-order valence-corrected chi connectivity index (χ0v) is 18.4. The predicted molar refractivity (Wildman–Crippen MR) is 118 cm³/mol. The molecule has 162 valence electrons. The van der Waals surface area contributed by atoms with Crippen molar-refractivity contribution in [3.8, 4) is 17.1 Å². The maximum Gasteiger partial charge on any atom is 0.236 e. The van der Waals surface area contributed by atoms with Crippen molar-refractivity contribution < 1.29 is 22.4 Å². The van der Waals surface area contributed by atoms with Gasteiger partial charge in [-0.1, -0.05) is 23.7 Å². The van der Waals surface area contributed by atoms with Crippen LogP contribution in [-0.2, 0) is 14.8 Å². The predicted octanol–water partition coefficient (Wildman–Crippen LogP) is 3.66. The number of hydrogen-bond acceptors (Lipinski definition) is 6. The number of fused-ring (bicyclic) bond motifs is 1. The molecule has 0 atom stereocenters. The highest BCUT2D eigenvalue weighted by Crippen LogP contribution is 2.38. The second kappa shape index (κ2) is 8.01. The quantitative estimate of drug-likeness (QED) is 0.622. The first-order valence-electron chi connectivity index (χ1n) is 9.62. The SMILES string of the molecule is Cc1ccc(-c2cc(=O)c3cccc(Cl)c3o2)c(O[C@H]2C[C@H](C(=O)NS(C)(=O)=O)C2)c1. The van der Waals surface area contributed by atoms with Crippen molar-refractivity contribution in [2.75, 3.05) is 6.26 Å². The lowest BCUT2D eigenvalue weighted by molar-refractivity contribution is -0.128. The van der Waals surface area contributed by atoms with Gasteiger partial charge in [0.1, 0.15) is 17.6 Å². The molecule has 1 aromatic heterocycles. The zero-order chi connectivity index (χ0) is 22.3. The number of carbonyl (C=O) groups is 1. The van der Waals surface area contributed by atoms with Crippen molar-refractivity contribution in [2.45, 2.75) is 25.9 Å². The van der Waals surface area contributed by atoms with E-state index in [1.807, 2.05) is 23.8 Å². The molecule has 1 fully saturated rings. The molecule has 1 aliphatic carbocycles. The van der Waals surface area contributed by atoms with Crippen LogP contribution >= 0.6 is 11.6 Å². The van der Waals surface area contributed by atoms with Crippen molar-refractivity contribution in [3.05, 3.63) is 63.3 Å². The molecule has 0 saturated heterocycles. The van der Waals surface area contributed by atoms with E-state index in [1.54, 1.807) is 24.3 Å². The lowest BCUT2D eigenvalue weighted by Crippen LogP contribution is -2.45. The van der Waals surface area contributed by atoms with Crippen LogP contribution in [0.4, 0.5) is 0 Å². The summed E-state index contributed by atoms with van der Waals surface area (Å²) in [6.45, 7) is 1.91. The minimum atomic E-state index is -3.59. The maximum absolute atomic E-state index is 12.6. The molecule has 7 nitrogen and oxygen atoms in total. The number of benzene rings is 2. The van der Waals surface area contributed by atoms with Crippen LogP contribution in [0.3, 0.4) is 0 Å². The fraction of sp³-hybridized carbons (Fsp3) is 0.273. The van der Waals surface area contributed by atoms with Gasteiger partial charge in [-0.2, -0.15) is 0 Å². The van der Waals surface area contributed by atoms with Crippen LogP contribution in [0.2, 0.25) is 5.02 Å². The summed E-state index contributed by atoms with van der Waals surface area (Å²) in [5, 5.41) is 0.731. The Balaban J connectivity index is 1.60. The summed E-state index contributed by atoms with van der Waals surface area (Å²) in [6.07, 6.45) is 1.47. The fourth-order valence-electron chi connectivity index (χ4n) is 3.53. The van der Waals surface area contributed by atoms with Gasteiger partial charge < -0.3 is 9.15 Å². The normalized spacial score (nSPS) is 18.4. The van der Waals surface area contributed by atoms with Gasteiger partial charge in [0.2, 0.25) is 15.9 Å². The number of nitrogens with one attached hydrogen (secondary N) is 1. The number of carbonyl (C=O) groups excluding carboxylic acids is 1. The van der Waals surface area contributed by atoms with Crippen LogP contribution in [0.5, 0.6) is 5.75 Å². The standard InChI is InChI=1S/C22H20ClNO6S/c1-12-6-7-16(20-11-18(25)15-4-3-5-17(23)21(15)30-20)19(8-12)29-14-9-13(10-14)22(26)24-31(2,27)28/h3-8,11,13-14H,9-10H2,1-2H3,(H,24,26)/t13-,14-. The number of para-hydroxylation sites is 1. The molecule has 0 bridgehead atoms. The van der Waals surface area contributed by atoms with Crippen LogP contribution in [-0.4, -0.2) is 26.7 Å². The van der Waals surface area contributed by atoms with Gasteiger partial charge in [0.05, 0.1) is 22.2 Å². The third-order valence-electron chi connectivity index (χ3n) is 5.15. The lowest BCUT2D eigenvalue weighted by Gasteiger charge is -2.34. The Morgan fingerprint density at radius 1 is 1.19 bits per heavy atom. The van der Waals surface area contributed by atoms with E-state index >= 15 is 0 Å². The van der Waals surface area contributed by atoms with Gasteiger partial charge in [0, 0.05) is 12.0 Å². The van der Waals surface area contributed by atoms with Crippen molar-refractivity contribution in [1.29, 1.82) is 0 Å². The lowest BCUT2D eigenvalue weighted by atomic mass is 9.82. The van der Waals surface area contributed by atoms with Crippen LogP contribution < -0.4 is 14.9 Å². The summed E-state index contributed by atoms with van der Waals surface area (Å²) in [4.78, 5) is 24.5. The van der Waals surface area contributed by atoms with Gasteiger partial charge in [0.25, 0.3) is 0 Å². The third kappa shape index (κ3) is 4.60. The Kier molecular flexibility index (Phi) is 5.53. The molecule has 1 N–H and O–H groups in total. The second-order valence-corrected chi connectivity index (χ2v) is 9.89. The topological polar surface area (TPSA) is 103 Å². The molecule has 9 heteroatoms. The Labute approximate surface area is 184 Å². The monoisotopic (exact) mass is 461 g/mol. The van der Waals surface area contributed by atoms with Gasteiger partial charge >= 0.3 is 0 Å². The second-order valence-electron chi connectivity index (χ2n) is 7.74. The number of halogens is 1. The highest BCUT2D eigenvalue weighted by Gasteiger charge is 2.37. The van der Waals surface area contributed by atoms with Gasteiger partial charge in [-0.25, -0.2) is 8.42 Å². The maximum atomic E-state index is 12.6. The molecule has 3 aromatic rings. The molecule has 1 aliphatic rings. The summed E-state index contributed by atoms with van der Waals surface area (Å²) in [5.41, 5.74) is 1.63. The van der Waals surface area contributed by atoms with Gasteiger partial charge in [0.15, 0.2) is 11.0 Å². The molecule has 0 unspecified atom stereocenters. The summed E-state index contributed by atoms with van der Waals surface area (Å²) in [5.74, 6) is -0.111. The summed E-state index contributed by atoms with van der Waals surface area (Å²) in [7, 11) is -3.59. The Bertz CT molecular complexity index is 1340. The summed E-state index contributed by atoms with van der Waals surface area (Å²) >= 11 is 6.22. The first-order valence-corrected chi connectivity index (χ1v) is 11.9. The van der Waals surface area contributed by atoms with Crippen LogP contribution in [0.15, 0.2) is 51.7 Å². The smallest absolute Gasteiger partial charge is 0.236 e. The molecule has 0 spiro atoms. The highest BCUT2D eigenvalue weighted by atomic mass is 35.5. The number of aryl methyl sites for hydroxylation is 1. The number of hydrogen-bond donors (Lipinski definition) is 1. The minimum Gasteiger partial charge on any atom is -0.490 e. The van der Waals surface area contributed by atoms with Crippen molar-refractivity contribution in [1.82, 2.24) is 4.72 Å². The van der Waals surface area contributed by atoms with Gasteiger partial charge in [-0.15, -0.1) is 0 Å². The molecule has 31 heavy (non-hydrogen) atoms. The molecule has 1 amide bonds. The zero-order valence-electron chi connectivity index (χ0n) is 16.8. The van der Waals surface area contributed by atoms with Gasteiger partial charge in [-0.3, -0.25) is 14.3 Å². The number of rotatable bonds is 5. The number of sulfonamides is 1. The van der Waals surface area contributed by atoms with E-state index in [0.717, 1.165) is 11.8 Å². The third-order valence-corrected chi connectivity index (χ3v) is 6.02. The Morgan fingerprint density at radius 2 is 1.94 bits per heavy atom. The Morgan fingerprint density at radius 3 is 2.65 bits per heavy atom. The number of amides is 1. The van der Waals surface area contributed by atoms with E-state index in [4.69, 9.17) is 20.8 Å². The molecular weight excluding hydrogens is 442 g/mol. The van der Waals surface area contributed by atoms with Crippen molar-refractivity contribution >= 4 is 38.5 Å². The first kappa shape index (κ1) is 21.4. The van der Waals surface area contributed by atoms with E-state index in [-0.39, 0.29) is 11.5 Å². The van der Waals surface area contributed by atoms with E-state index in [0.29, 0.717) is 45.9 Å². The van der Waals surface area contributed by atoms with Crippen molar-refractivity contribution in [3.63, 3.8) is 0 Å². The molecule has 4 rings (SSSR count). The van der Waals surface area contributed by atoms with Crippen LogP contribution in [0, 0.1) is 12.8 Å². The molecular formula is C22H20ClNO6S. The minimum absolute atomic E-state index is 0.216. The summed E-state index contributed by atoms with van der Waals surface area (Å²) in [6, 6.07) is 11.9. The Hall–Kier alpha value is -2.84. The van der Waals surface area contributed by atoms with E-state index in [2.05, 4.69) is 0 Å². The fourth-order valence-corrected chi connectivity index (χ4v) is 4.27. The molecule has 0 aliphatic heterocycles. The number of ether oxygens (including phenoxy) is 1. The summed E-state index contributed by atoms with van der Waals surface area (Å²) < 4.78 is 36.5. The highest BCUT2D eigenvalue weighted by molar-refractivity contribution is 7.89. The molecule has 1 saturated carbocycles. The molecule has 1 heterocycles. The largest absolute Gasteiger partial charge is 0.490 e. The van der Waals surface area contributed by atoms with E-state index in [1.165, 1.54) is 6.07 Å². The van der Waals surface area contributed by atoms with E-state index < -0.39 is 21.8 Å². The van der Waals surface area contributed by atoms with Crippen LogP contribution in [0.25, 0.3) is 22.3 Å².